The van der Waals surface area contributed by atoms with Crippen LogP contribution in [-0.2, 0) is 6.42 Å². The Balaban J connectivity index is 0.900. The summed E-state index contributed by atoms with van der Waals surface area (Å²) < 4.78 is 4.65. The van der Waals surface area contributed by atoms with Crippen molar-refractivity contribution in [2.75, 3.05) is 0 Å². The van der Waals surface area contributed by atoms with Crippen LogP contribution in [-0.4, -0.2) is 19.1 Å². The summed E-state index contributed by atoms with van der Waals surface area (Å²) in [5, 5.41) is 10.0. The maximum absolute atomic E-state index is 5.32. The van der Waals surface area contributed by atoms with Crippen LogP contribution in [0.15, 0.2) is 200 Å². The topological polar surface area (TPSA) is 35.6 Å². The minimum atomic E-state index is 0.918. The van der Waals surface area contributed by atoms with Gasteiger partial charge in [0.1, 0.15) is 5.82 Å². The highest BCUT2D eigenvalue weighted by Gasteiger charge is 2.19. The number of benzene rings is 8. The van der Waals surface area contributed by atoms with Gasteiger partial charge in [-0.3, -0.25) is 4.57 Å². The van der Waals surface area contributed by atoms with Gasteiger partial charge in [-0.2, -0.15) is 0 Å². The number of rotatable bonds is 5. The van der Waals surface area contributed by atoms with Crippen molar-refractivity contribution in [1.29, 1.82) is 0 Å². The van der Waals surface area contributed by atoms with E-state index in [2.05, 4.69) is 215 Å². The lowest BCUT2D eigenvalue weighted by atomic mass is 9.85. The van der Waals surface area contributed by atoms with Crippen molar-refractivity contribution in [1.82, 2.24) is 19.1 Å². The van der Waals surface area contributed by atoms with Crippen LogP contribution in [0.3, 0.4) is 0 Å². The molecule has 0 fully saturated rings. The summed E-state index contributed by atoms with van der Waals surface area (Å²) in [4.78, 5) is 10.6. The SMILES string of the molecule is C1=Cc2c(c3cc(-c4cccc(-c5ccc6c(c5)c5ccccc5n6-c5ccccc5)n4)ccc3c3ccc(-c4cccc(-n5c6ccccc6c6ccccc65)n4)cc23)CC1. The van der Waals surface area contributed by atoms with Crippen LogP contribution in [0.25, 0.3) is 117 Å². The van der Waals surface area contributed by atoms with Gasteiger partial charge in [0.2, 0.25) is 0 Å². The second-order valence-corrected chi connectivity index (χ2v) is 16.4. The molecule has 1 aliphatic carbocycles. The number of pyridine rings is 2. The third-order valence-electron chi connectivity index (χ3n) is 13.0. The van der Waals surface area contributed by atoms with Gasteiger partial charge in [0, 0.05) is 43.9 Å². The molecular formula is C58H38N4. The quantitative estimate of drug-likeness (QED) is 0.163. The zero-order chi connectivity index (χ0) is 40.7. The van der Waals surface area contributed by atoms with Crippen LogP contribution in [0, 0.1) is 0 Å². The standard InChI is InChI=1S/C58H38N4/c1-2-14-40(15-3-1)61-54-24-9-8-20-47(54)50-36-39(30-33-57(50)61)52-22-12-21-51(59-52)37-28-31-43-44-32-29-38(35-49(44)42-17-5-4-16-41(42)48(43)34-37)53-23-13-27-58(60-53)62-55-25-10-6-18-45(55)46-19-7-11-26-56(46)62/h1-3,5-15,17-36H,4,16H2. The number of para-hydroxylation sites is 4. The second-order valence-electron chi connectivity index (χ2n) is 16.4. The molecule has 0 spiro atoms. The van der Waals surface area contributed by atoms with Gasteiger partial charge in [-0.15, -0.1) is 0 Å². The Morgan fingerprint density at radius 1 is 0.355 bits per heavy atom. The van der Waals surface area contributed by atoms with E-state index in [1.165, 1.54) is 65.3 Å². The lowest BCUT2D eigenvalue weighted by Gasteiger charge is -2.19. The highest BCUT2D eigenvalue weighted by molar-refractivity contribution is 6.15. The molecule has 4 nitrogen and oxygen atoms in total. The third kappa shape index (κ3) is 5.33. The van der Waals surface area contributed by atoms with Gasteiger partial charge in [0.15, 0.2) is 0 Å². The average molecular weight is 791 g/mol. The molecule has 4 aromatic heterocycles. The molecule has 0 amide bonds. The van der Waals surface area contributed by atoms with Gasteiger partial charge < -0.3 is 4.57 Å². The first-order valence-corrected chi connectivity index (χ1v) is 21.5. The maximum Gasteiger partial charge on any atom is 0.138 e. The Morgan fingerprint density at radius 2 is 0.871 bits per heavy atom. The molecule has 0 unspecified atom stereocenters. The Labute approximate surface area is 358 Å². The van der Waals surface area contributed by atoms with E-state index in [-0.39, 0.29) is 0 Å². The van der Waals surface area contributed by atoms with E-state index in [4.69, 9.17) is 9.97 Å². The zero-order valence-corrected chi connectivity index (χ0v) is 33.8. The minimum Gasteiger partial charge on any atom is -0.309 e. The van der Waals surface area contributed by atoms with Crippen molar-refractivity contribution in [3.63, 3.8) is 0 Å². The summed E-state index contributed by atoms with van der Waals surface area (Å²) in [5.41, 5.74) is 14.8. The van der Waals surface area contributed by atoms with Crippen molar-refractivity contribution >= 4 is 71.2 Å². The molecule has 0 saturated carbocycles. The van der Waals surface area contributed by atoms with Crippen molar-refractivity contribution in [3.05, 3.63) is 211 Å². The molecule has 4 heterocycles. The van der Waals surface area contributed by atoms with Crippen LogP contribution in [0.2, 0.25) is 0 Å². The Hall–Kier alpha value is -8.08. The van der Waals surface area contributed by atoms with Gasteiger partial charge >= 0.3 is 0 Å². The lowest BCUT2D eigenvalue weighted by molar-refractivity contribution is 1.00. The average Bonchev–Trinajstić information content (AvgIpc) is 3.87. The molecule has 4 heteroatoms. The van der Waals surface area contributed by atoms with Crippen molar-refractivity contribution < 1.29 is 0 Å². The van der Waals surface area contributed by atoms with E-state index in [1.807, 2.05) is 0 Å². The number of hydrogen-bond donors (Lipinski definition) is 0. The molecule has 0 atom stereocenters. The molecular weight excluding hydrogens is 753 g/mol. The second kappa shape index (κ2) is 13.7. The maximum atomic E-state index is 5.32. The Morgan fingerprint density at radius 3 is 1.56 bits per heavy atom. The summed E-state index contributed by atoms with van der Waals surface area (Å²) in [6, 6.07) is 69.9. The van der Waals surface area contributed by atoms with Crippen LogP contribution >= 0.6 is 0 Å². The fraction of sp³-hybridized carbons (Fsp3) is 0.0345. The first-order valence-electron chi connectivity index (χ1n) is 21.5. The molecule has 0 radical (unpaired) electrons. The summed E-state index contributed by atoms with van der Waals surface area (Å²) in [7, 11) is 0. The van der Waals surface area contributed by atoms with Gasteiger partial charge in [-0.1, -0.05) is 127 Å². The van der Waals surface area contributed by atoms with Gasteiger partial charge in [-0.05, 0) is 124 Å². The molecule has 0 N–H and O–H groups in total. The summed E-state index contributed by atoms with van der Waals surface area (Å²) in [6.45, 7) is 0. The summed E-state index contributed by atoms with van der Waals surface area (Å²) in [6.07, 6.45) is 6.68. The van der Waals surface area contributed by atoms with Crippen LogP contribution in [0.1, 0.15) is 17.5 Å². The number of hydrogen-bond acceptors (Lipinski definition) is 2. The normalized spacial score (nSPS) is 12.6. The molecule has 0 aliphatic heterocycles. The van der Waals surface area contributed by atoms with E-state index in [0.29, 0.717) is 0 Å². The van der Waals surface area contributed by atoms with E-state index in [1.54, 1.807) is 0 Å². The van der Waals surface area contributed by atoms with E-state index < -0.39 is 0 Å². The van der Waals surface area contributed by atoms with E-state index in [9.17, 15) is 0 Å². The summed E-state index contributed by atoms with van der Waals surface area (Å²) in [5.74, 6) is 0.918. The highest BCUT2D eigenvalue weighted by Crippen LogP contribution is 2.41. The predicted molar refractivity (Wildman–Crippen MR) is 259 cm³/mol. The molecule has 0 saturated heterocycles. The number of aromatic nitrogens is 4. The molecule has 13 rings (SSSR count). The van der Waals surface area contributed by atoms with Crippen molar-refractivity contribution in [2.24, 2.45) is 0 Å². The van der Waals surface area contributed by atoms with Crippen molar-refractivity contribution in [3.8, 4) is 45.3 Å². The molecule has 8 aromatic carbocycles. The van der Waals surface area contributed by atoms with Gasteiger partial charge in [0.05, 0.1) is 39.1 Å². The van der Waals surface area contributed by atoms with Crippen LogP contribution in [0.4, 0.5) is 0 Å². The van der Waals surface area contributed by atoms with Crippen LogP contribution in [0.5, 0.6) is 0 Å². The highest BCUT2D eigenvalue weighted by atomic mass is 15.1. The van der Waals surface area contributed by atoms with E-state index >= 15 is 0 Å². The largest absolute Gasteiger partial charge is 0.309 e. The first kappa shape index (κ1) is 34.8. The first-order chi connectivity index (χ1) is 30.7. The Kier molecular flexibility index (Phi) is 7.70. The third-order valence-corrected chi connectivity index (χ3v) is 13.0. The minimum absolute atomic E-state index is 0.918. The van der Waals surface area contributed by atoms with Gasteiger partial charge in [-0.25, -0.2) is 9.97 Å². The summed E-state index contributed by atoms with van der Waals surface area (Å²) >= 11 is 0. The number of allylic oxidation sites excluding steroid dienone is 1. The smallest absolute Gasteiger partial charge is 0.138 e. The predicted octanol–water partition coefficient (Wildman–Crippen LogP) is 14.9. The van der Waals surface area contributed by atoms with Crippen molar-refractivity contribution in [2.45, 2.75) is 12.8 Å². The molecule has 12 aromatic rings. The molecule has 290 valence electrons. The number of aryl methyl sites for hydroxylation is 1. The zero-order valence-electron chi connectivity index (χ0n) is 33.8. The Bertz CT molecular complexity index is 3760. The number of nitrogens with zero attached hydrogens (tertiary/aromatic N) is 4. The number of fused-ring (bicyclic) bond motifs is 12. The molecule has 62 heavy (non-hydrogen) atoms. The van der Waals surface area contributed by atoms with E-state index in [0.717, 1.165) is 69.2 Å². The molecule has 1 aliphatic rings. The fourth-order valence-electron chi connectivity index (χ4n) is 10.2. The lowest BCUT2D eigenvalue weighted by Crippen LogP contribution is -2.00. The molecule has 0 bridgehead atoms. The fourth-order valence-corrected chi connectivity index (χ4v) is 10.2. The van der Waals surface area contributed by atoms with Crippen LogP contribution < -0.4 is 0 Å². The van der Waals surface area contributed by atoms with Gasteiger partial charge in [0.25, 0.3) is 0 Å². The monoisotopic (exact) mass is 790 g/mol.